The van der Waals surface area contributed by atoms with E-state index in [0.29, 0.717) is 24.8 Å². The van der Waals surface area contributed by atoms with Gasteiger partial charge in [-0.3, -0.25) is 9.59 Å². The van der Waals surface area contributed by atoms with Crippen molar-refractivity contribution in [2.45, 2.75) is 130 Å². The second-order valence-electron chi connectivity index (χ2n) is 8.35. The largest absolute Gasteiger partial charge is 0.469 e. The minimum atomic E-state index is -0.0813. The molecule has 0 fully saturated rings. The van der Waals surface area contributed by atoms with E-state index >= 15 is 0 Å². The number of unbranched alkanes of at least 4 members (excludes halogenated alkanes) is 12. The second kappa shape index (κ2) is 19.3. The first-order chi connectivity index (χ1) is 13.5. The molecule has 4 heteroatoms. The molecule has 0 bridgehead atoms. The third kappa shape index (κ3) is 15.9. The summed E-state index contributed by atoms with van der Waals surface area (Å²) in [6.07, 6.45) is 18.6. The molecule has 166 valence electrons. The van der Waals surface area contributed by atoms with Crippen molar-refractivity contribution >= 4 is 11.9 Å². The Morgan fingerprint density at radius 2 is 1.14 bits per heavy atom. The van der Waals surface area contributed by atoms with Gasteiger partial charge in [-0.25, -0.2) is 0 Å². The Morgan fingerprint density at radius 3 is 1.54 bits per heavy atom. The van der Waals surface area contributed by atoms with Crippen molar-refractivity contribution in [2.75, 3.05) is 13.7 Å². The summed E-state index contributed by atoms with van der Waals surface area (Å²) in [5.74, 6) is 0.239. The van der Waals surface area contributed by atoms with Gasteiger partial charge >= 0.3 is 5.97 Å². The third-order valence-corrected chi connectivity index (χ3v) is 5.42. The van der Waals surface area contributed by atoms with Crippen LogP contribution in [0.5, 0.6) is 0 Å². The summed E-state index contributed by atoms with van der Waals surface area (Å²) in [6.45, 7) is 7.24. The molecule has 0 unspecified atom stereocenters. The lowest BCUT2D eigenvalue weighted by Gasteiger charge is -2.26. The first-order valence-electron chi connectivity index (χ1n) is 11.9. The topological polar surface area (TPSA) is 46.6 Å². The molecule has 0 saturated heterocycles. The van der Waals surface area contributed by atoms with Gasteiger partial charge in [0.15, 0.2) is 0 Å². The quantitative estimate of drug-likeness (QED) is 0.181. The van der Waals surface area contributed by atoms with Crippen LogP contribution in [0.2, 0.25) is 0 Å². The Hall–Kier alpha value is -1.06. The van der Waals surface area contributed by atoms with Crippen LogP contribution >= 0.6 is 0 Å². The molecule has 0 heterocycles. The van der Waals surface area contributed by atoms with Crippen molar-refractivity contribution in [1.82, 2.24) is 4.90 Å². The maximum Gasteiger partial charge on any atom is 0.305 e. The van der Waals surface area contributed by atoms with Crippen molar-refractivity contribution in [3.63, 3.8) is 0 Å². The summed E-state index contributed by atoms with van der Waals surface area (Å²) in [5, 5.41) is 0. The lowest BCUT2D eigenvalue weighted by Crippen LogP contribution is -2.37. The smallest absolute Gasteiger partial charge is 0.305 e. The predicted molar refractivity (Wildman–Crippen MR) is 118 cm³/mol. The van der Waals surface area contributed by atoms with E-state index in [2.05, 4.69) is 30.4 Å². The summed E-state index contributed by atoms with van der Waals surface area (Å²) in [5.41, 5.74) is 0. The minimum Gasteiger partial charge on any atom is -0.469 e. The molecule has 0 aromatic carbocycles. The number of nitrogens with zero attached hydrogens (tertiary/aromatic N) is 1. The Morgan fingerprint density at radius 1 is 0.714 bits per heavy atom. The van der Waals surface area contributed by atoms with Crippen molar-refractivity contribution in [3.05, 3.63) is 0 Å². The first kappa shape index (κ1) is 26.9. The zero-order valence-electron chi connectivity index (χ0n) is 19.3. The molecular formula is C24H47NO3. The molecule has 1 amide bonds. The molecule has 0 aliphatic carbocycles. The average molecular weight is 398 g/mol. The normalized spacial score (nSPS) is 11.0. The molecule has 0 atom stereocenters. The number of esters is 1. The Labute approximate surface area is 174 Å². The zero-order valence-corrected chi connectivity index (χ0v) is 19.3. The average Bonchev–Trinajstić information content (AvgIpc) is 2.67. The molecule has 0 aromatic heterocycles. The molecular weight excluding hydrogens is 350 g/mol. The molecule has 0 spiro atoms. The molecule has 0 aliphatic rings. The minimum absolute atomic E-state index is 0.0813. The number of hydrogen-bond acceptors (Lipinski definition) is 3. The van der Waals surface area contributed by atoms with Crippen LogP contribution in [0.3, 0.4) is 0 Å². The lowest BCUT2D eigenvalue weighted by molar-refractivity contribution is -0.140. The van der Waals surface area contributed by atoms with Crippen LogP contribution in [-0.4, -0.2) is 36.5 Å². The van der Waals surface area contributed by atoms with Gasteiger partial charge in [-0.15, -0.1) is 0 Å². The summed E-state index contributed by atoms with van der Waals surface area (Å²) in [6, 6.07) is 0.326. The van der Waals surface area contributed by atoms with Gasteiger partial charge in [0.05, 0.1) is 7.11 Å². The van der Waals surface area contributed by atoms with Gasteiger partial charge in [0.1, 0.15) is 0 Å². The molecule has 4 nitrogen and oxygen atoms in total. The molecule has 0 aliphatic heterocycles. The SMILES string of the molecule is CCCC(=O)N(CCCCCCCCCCCCCCCC(=O)OC)C(C)C. The standard InChI is InChI=1S/C24H47NO3/c1-5-19-23(26)25(22(2)3)21-18-16-14-12-10-8-6-7-9-11-13-15-17-20-24(27)28-4/h22H,5-21H2,1-4H3. The van der Waals surface area contributed by atoms with Gasteiger partial charge in [0, 0.05) is 25.4 Å². The fraction of sp³-hybridized carbons (Fsp3) is 0.917. The van der Waals surface area contributed by atoms with Gasteiger partial charge in [0.25, 0.3) is 0 Å². The van der Waals surface area contributed by atoms with Crippen LogP contribution in [-0.2, 0) is 14.3 Å². The number of hydrogen-bond donors (Lipinski definition) is 0. The monoisotopic (exact) mass is 397 g/mol. The van der Waals surface area contributed by atoms with Crippen molar-refractivity contribution < 1.29 is 14.3 Å². The maximum atomic E-state index is 12.1. The van der Waals surface area contributed by atoms with Crippen LogP contribution in [0.1, 0.15) is 124 Å². The van der Waals surface area contributed by atoms with Crippen molar-refractivity contribution in [1.29, 1.82) is 0 Å². The molecule has 0 rings (SSSR count). The number of amides is 1. The van der Waals surface area contributed by atoms with E-state index in [4.69, 9.17) is 0 Å². The maximum absolute atomic E-state index is 12.1. The first-order valence-corrected chi connectivity index (χ1v) is 11.9. The summed E-state index contributed by atoms with van der Waals surface area (Å²) in [7, 11) is 1.46. The molecule has 0 radical (unpaired) electrons. The van der Waals surface area contributed by atoms with Gasteiger partial charge in [-0.1, -0.05) is 77.6 Å². The Bertz CT molecular complexity index is 382. The highest BCUT2D eigenvalue weighted by Gasteiger charge is 2.14. The van der Waals surface area contributed by atoms with Crippen LogP contribution in [0, 0.1) is 0 Å². The predicted octanol–water partition coefficient (Wildman–Crippen LogP) is 6.66. The van der Waals surface area contributed by atoms with E-state index in [9.17, 15) is 9.59 Å². The van der Waals surface area contributed by atoms with Gasteiger partial charge < -0.3 is 9.64 Å². The van der Waals surface area contributed by atoms with Gasteiger partial charge in [-0.2, -0.15) is 0 Å². The molecule has 0 saturated carbocycles. The highest BCUT2D eigenvalue weighted by Crippen LogP contribution is 2.14. The van der Waals surface area contributed by atoms with Crippen LogP contribution < -0.4 is 0 Å². The molecule has 0 N–H and O–H groups in total. The fourth-order valence-corrected chi connectivity index (χ4v) is 3.63. The van der Waals surface area contributed by atoms with Gasteiger partial charge in [0.2, 0.25) is 5.91 Å². The molecule has 0 aromatic rings. The highest BCUT2D eigenvalue weighted by atomic mass is 16.5. The van der Waals surface area contributed by atoms with Crippen LogP contribution in [0.15, 0.2) is 0 Å². The Balaban J connectivity index is 3.37. The second-order valence-corrected chi connectivity index (χ2v) is 8.35. The van der Waals surface area contributed by atoms with Crippen molar-refractivity contribution in [3.8, 4) is 0 Å². The van der Waals surface area contributed by atoms with Gasteiger partial charge in [-0.05, 0) is 33.1 Å². The zero-order chi connectivity index (χ0) is 21.0. The number of carbonyl (C=O) groups excluding carboxylic acids is 2. The number of carbonyl (C=O) groups is 2. The Kier molecular flexibility index (Phi) is 18.5. The number of ether oxygens (including phenoxy) is 1. The third-order valence-electron chi connectivity index (χ3n) is 5.42. The summed E-state index contributed by atoms with van der Waals surface area (Å²) < 4.78 is 4.65. The van der Waals surface area contributed by atoms with E-state index in [1.807, 2.05) is 0 Å². The number of rotatable bonds is 19. The van der Waals surface area contributed by atoms with Crippen molar-refractivity contribution in [2.24, 2.45) is 0 Å². The fourth-order valence-electron chi connectivity index (χ4n) is 3.63. The summed E-state index contributed by atoms with van der Waals surface area (Å²) >= 11 is 0. The number of methoxy groups -OCH3 is 1. The highest BCUT2D eigenvalue weighted by molar-refractivity contribution is 5.76. The lowest BCUT2D eigenvalue weighted by atomic mass is 10.0. The molecule has 28 heavy (non-hydrogen) atoms. The van der Waals surface area contributed by atoms with E-state index in [-0.39, 0.29) is 5.97 Å². The van der Waals surface area contributed by atoms with E-state index in [1.165, 1.54) is 71.3 Å². The summed E-state index contributed by atoms with van der Waals surface area (Å²) in [4.78, 5) is 25.2. The van der Waals surface area contributed by atoms with E-state index in [1.54, 1.807) is 0 Å². The van der Waals surface area contributed by atoms with E-state index in [0.717, 1.165) is 32.2 Å². The van der Waals surface area contributed by atoms with E-state index < -0.39 is 0 Å². The van der Waals surface area contributed by atoms with Crippen LogP contribution in [0.25, 0.3) is 0 Å². The van der Waals surface area contributed by atoms with Crippen LogP contribution in [0.4, 0.5) is 0 Å².